The van der Waals surface area contributed by atoms with E-state index in [2.05, 4.69) is 11.9 Å². The number of nitrogens with one attached hydrogen (secondary N) is 1. The topological polar surface area (TPSA) is 82.8 Å². The molecule has 0 aliphatic rings. The first-order valence-electron chi connectivity index (χ1n) is 6.76. The van der Waals surface area contributed by atoms with Gasteiger partial charge in [0.25, 0.3) is 10.0 Å². The van der Waals surface area contributed by atoms with Crippen LogP contribution < -0.4 is 5.32 Å². The summed E-state index contributed by atoms with van der Waals surface area (Å²) in [6.07, 6.45) is 1.47. The van der Waals surface area contributed by atoms with Gasteiger partial charge in [0.2, 0.25) is 5.09 Å². The Morgan fingerprint density at radius 1 is 1.43 bits per heavy atom. The van der Waals surface area contributed by atoms with Crippen molar-refractivity contribution in [3.63, 3.8) is 0 Å². The SMILES string of the molecule is C=CCN(CCO)S(=O)(=O)c1ccc(CNC(C)(C)C)o1. The number of nitrogens with zero attached hydrogens (tertiary/aromatic N) is 1. The molecule has 0 aliphatic carbocycles. The van der Waals surface area contributed by atoms with Crippen molar-refractivity contribution >= 4 is 10.0 Å². The van der Waals surface area contributed by atoms with Gasteiger partial charge in [0, 0.05) is 18.6 Å². The summed E-state index contributed by atoms with van der Waals surface area (Å²) in [5.74, 6) is 0.547. The molecule has 120 valence electrons. The Kier molecular flexibility index (Phi) is 6.15. The fourth-order valence-electron chi connectivity index (χ4n) is 1.64. The van der Waals surface area contributed by atoms with E-state index in [-0.39, 0.29) is 30.3 Å². The number of aliphatic hydroxyl groups is 1. The van der Waals surface area contributed by atoms with Crippen LogP contribution in [0.25, 0.3) is 0 Å². The minimum Gasteiger partial charge on any atom is -0.447 e. The second kappa shape index (κ2) is 7.22. The molecule has 7 heteroatoms. The molecule has 1 rings (SSSR count). The van der Waals surface area contributed by atoms with Crippen LogP contribution in [0, 0.1) is 0 Å². The fourth-order valence-corrected chi connectivity index (χ4v) is 2.97. The van der Waals surface area contributed by atoms with Crippen LogP contribution in [0.15, 0.2) is 34.3 Å². The largest absolute Gasteiger partial charge is 0.447 e. The number of furan rings is 1. The first-order chi connectivity index (χ1) is 9.70. The van der Waals surface area contributed by atoms with Gasteiger partial charge >= 0.3 is 0 Å². The molecular formula is C14H24N2O4S. The van der Waals surface area contributed by atoms with Crippen molar-refractivity contribution < 1.29 is 17.9 Å². The summed E-state index contributed by atoms with van der Waals surface area (Å²) in [6, 6.07) is 3.07. The van der Waals surface area contributed by atoms with Gasteiger partial charge < -0.3 is 14.8 Å². The van der Waals surface area contributed by atoms with Gasteiger partial charge in [-0.1, -0.05) is 6.08 Å². The maximum absolute atomic E-state index is 12.4. The Hall–Kier alpha value is -1.15. The lowest BCUT2D eigenvalue weighted by Gasteiger charge is -2.19. The van der Waals surface area contributed by atoms with Crippen LogP contribution in [0.4, 0.5) is 0 Å². The zero-order chi connectivity index (χ0) is 16.1. The molecule has 1 heterocycles. The molecule has 0 amide bonds. The molecule has 0 aromatic carbocycles. The highest BCUT2D eigenvalue weighted by atomic mass is 32.2. The van der Waals surface area contributed by atoms with Crippen molar-refractivity contribution in [2.45, 2.75) is 37.9 Å². The third-order valence-electron chi connectivity index (χ3n) is 2.71. The Balaban J connectivity index is 2.89. The Morgan fingerprint density at radius 3 is 2.62 bits per heavy atom. The number of aliphatic hydroxyl groups excluding tert-OH is 1. The zero-order valence-corrected chi connectivity index (χ0v) is 13.6. The molecule has 0 atom stereocenters. The molecule has 0 unspecified atom stereocenters. The van der Waals surface area contributed by atoms with Crippen LogP contribution in [0.3, 0.4) is 0 Å². The van der Waals surface area contributed by atoms with Crippen molar-refractivity contribution in [3.8, 4) is 0 Å². The van der Waals surface area contributed by atoms with Gasteiger partial charge in [0.1, 0.15) is 5.76 Å². The van der Waals surface area contributed by atoms with Crippen molar-refractivity contribution in [3.05, 3.63) is 30.5 Å². The van der Waals surface area contributed by atoms with Crippen molar-refractivity contribution in [2.24, 2.45) is 0 Å². The van der Waals surface area contributed by atoms with Crippen LogP contribution in [-0.2, 0) is 16.6 Å². The maximum Gasteiger partial charge on any atom is 0.276 e. The average molecular weight is 316 g/mol. The van der Waals surface area contributed by atoms with Gasteiger partial charge in [-0.05, 0) is 32.9 Å². The van der Waals surface area contributed by atoms with E-state index in [1.54, 1.807) is 6.07 Å². The van der Waals surface area contributed by atoms with Gasteiger partial charge in [0.05, 0.1) is 13.2 Å². The average Bonchev–Trinajstić information content (AvgIpc) is 2.85. The molecule has 0 saturated heterocycles. The molecule has 2 N–H and O–H groups in total. The summed E-state index contributed by atoms with van der Waals surface area (Å²) in [7, 11) is -3.75. The number of hydrogen-bond acceptors (Lipinski definition) is 5. The maximum atomic E-state index is 12.4. The van der Waals surface area contributed by atoms with E-state index < -0.39 is 10.0 Å². The van der Waals surface area contributed by atoms with Gasteiger partial charge in [0.15, 0.2) is 0 Å². The van der Waals surface area contributed by atoms with Crippen LogP contribution in [-0.4, -0.2) is 43.1 Å². The van der Waals surface area contributed by atoms with Gasteiger partial charge in [-0.15, -0.1) is 6.58 Å². The molecule has 0 aliphatic heterocycles. The van der Waals surface area contributed by atoms with Crippen LogP contribution >= 0.6 is 0 Å². The van der Waals surface area contributed by atoms with Crippen LogP contribution in [0.2, 0.25) is 0 Å². The molecule has 1 aromatic heterocycles. The minimum absolute atomic E-state index is 0.00459. The smallest absolute Gasteiger partial charge is 0.276 e. The zero-order valence-electron chi connectivity index (χ0n) is 12.8. The fraction of sp³-hybridized carbons (Fsp3) is 0.571. The van der Waals surface area contributed by atoms with Crippen molar-refractivity contribution in [1.29, 1.82) is 0 Å². The van der Waals surface area contributed by atoms with Crippen LogP contribution in [0.5, 0.6) is 0 Å². The van der Waals surface area contributed by atoms with Gasteiger partial charge in [-0.25, -0.2) is 8.42 Å². The molecule has 0 fully saturated rings. The molecule has 0 spiro atoms. The summed E-state index contributed by atoms with van der Waals surface area (Å²) in [6.45, 7) is 9.88. The highest BCUT2D eigenvalue weighted by Gasteiger charge is 2.26. The van der Waals surface area contributed by atoms with Crippen LogP contribution in [0.1, 0.15) is 26.5 Å². The first-order valence-corrected chi connectivity index (χ1v) is 8.20. The lowest BCUT2D eigenvalue weighted by atomic mass is 10.1. The molecule has 21 heavy (non-hydrogen) atoms. The normalized spacial score (nSPS) is 12.8. The summed E-state index contributed by atoms with van der Waals surface area (Å²) in [4.78, 5) is 0. The monoisotopic (exact) mass is 316 g/mol. The van der Waals surface area contributed by atoms with E-state index in [1.165, 1.54) is 12.1 Å². The summed E-state index contributed by atoms with van der Waals surface area (Å²) in [5.41, 5.74) is -0.0857. The summed E-state index contributed by atoms with van der Waals surface area (Å²) < 4.78 is 31.3. The summed E-state index contributed by atoms with van der Waals surface area (Å²) >= 11 is 0. The second-order valence-corrected chi connectivity index (χ2v) is 7.57. The molecule has 6 nitrogen and oxygen atoms in total. The molecular weight excluding hydrogens is 292 g/mol. The van der Waals surface area contributed by atoms with Gasteiger partial charge in [-0.3, -0.25) is 0 Å². The quantitative estimate of drug-likeness (QED) is 0.707. The number of sulfonamides is 1. The lowest BCUT2D eigenvalue weighted by Crippen LogP contribution is -2.35. The third-order valence-corrected chi connectivity index (χ3v) is 4.45. The number of hydrogen-bond donors (Lipinski definition) is 2. The van der Waals surface area contributed by atoms with Crippen molar-refractivity contribution in [2.75, 3.05) is 19.7 Å². The second-order valence-electron chi connectivity index (χ2n) is 5.70. The molecule has 1 aromatic rings. The van der Waals surface area contributed by atoms with Gasteiger partial charge in [-0.2, -0.15) is 4.31 Å². The van der Waals surface area contributed by atoms with E-state index in [0.29, 0.717) is 12.3 Å². The molecule has 0 bridgehead atoms. The predicted octanol–water partition coefficient (Wildman–Crippen LogP) is 1.34. The molecule has 0 radical (unpaired) electrons. The molecule has 0 saturated carbocycles. The first kappa shape index (κ1) is 17.9. The Morgan fingerprint density at radius 2 is 2.10 bits per heavy atom. The van der Waals surface area contributed by atoms with E-state index >= 15 is 0 Å². The van der Waals surface area contributed by atoms with E-state index in [9.17, 15) is 8.42 Å². The lowest BCUT2D eigenvalue weighted by molar-refractivity contribution is 0.257. The van der Waals surface area contributed by atoms with E-state index in [0.717, 1.165) is 4.31 Å². The standard InChI is InChI=1S/C14H24N2O4S/c1-5-8-16(9-10-17)21(18,19)13-7-6-12(20-13)11-15-14(2,3)4/h5-7,15,17H,1,8-11H2,2-4H3. The van der Waals surface area contributed by atoms with Crippen molar-refractivity contribution in [1.82, 2.24) is 9.62 Å². The Bertz CT molecular complexity index is 558. The predicted molar refractivity (Wildman–Crippen MR) is 81.3 cm³/mol. The number of rotatable bonds is 8. The van der Waals surface area contributed by atoms with E-state index in [4.69, 9.17) is 9.52 Å². The highest BCUT2D eigenvalue weighted by molar-refractivity contribution is 7.89. The Labute approximate surface area is 126 Å². The minimum atomic E-state index is -3.75. The summed E-state index contributed by atoms with van der Waals surface area (Å²) in [5, 5.41) is 12.1. The van der Waals surface area contributed by atoms with E-state index in [1.807, 2.05) is 20.8 Å². The highest BCUT2D eigenvalue weighted by Crippen LogP contribution is 2.19. The third kappa shape index (κ3) is 5.28.